The molecule has 0 amide bonds. The number of rotatable bonds is 4. The Balaban J connectivity index is 1.63. The summed E-state index contributed by atoms with van der Waals surface area (Å²) in [5.41, 5.74) is 8.63. The summed E-state index contributed by atoms with van der Waals surface area (Å²) >= 11 is 0. The van der Waals surface area contributed by atoms with Crippen molar-refractivity contribution in [2.45, 2.75) is 32.7 Å². The van der Waals surface area contributed by atoms with Crippen LogP contribution in [0.25, 0.3) is 11.1 Å². The Bertz CT molecular complexity index is 1190. The lowest BCUT2D eigenvalue weighted by atomic mass is 9.81. The molecule has 3 aromatic rings. The van der Waals surface area contributed by atoms with Crippen LogP contribution < -0.4 is 15.2 Å². The van der Waals surface area contributed by atoms with Gasteiger partial charge in [-0.15, -0.1) is 0 Å². The van der Waals surface area contributed by atoms with Gasteiger partial charge in [0.25, 0.3) is 6.02 Å². The Morgan fingerprint density at radius 1 is 1.09 bits per heavy atom. The summed E-state index contributed by atoms with van der Waals surface area (Å²) in [6.07, 6.45) is 7.60. The molecule has 2 aliphatic rings. The van der Waals surface area contributed by atoms with Gasteiger partial charge in [-0.25, -0.2) is 19.9 Å². The minimum Gasteiger partial charge on any atom is -0.477 e. The first kappa shape index (κ1) is 20.2. The number of hydrogen-bond donors (Lipinski definition) is 1. The average molecular weight is 431 g/mol. The van der Waals surface area contributed by atoms with Crippen molar-refractivity contribution in [1.29, 1.82) is 0 Å². The van der Waals surface area contributed by atoms with Crippen molar-refractivity contribution in [1.82, 2.24) is 15.0 Å². The lowest BCUT2D eigenvalue weighted by Gasteiger charge is -2.34. The zero-order valence-corrected chi connectivity index (χ0v) is 18.3. The molecule has 4 heterocycles. The Morgan fingerprint density at radius 3 is 2.62 bits per heavy atom. The van der Waals surface area contributed by atoms with Crippen LogP contribution in [0.2, 0.25) is 0 Å². The van der Waals surface area contributed by atoms with Gasteiger partial charge in [-0.05, 0) is 35.6 Å². The summed E-state index contributed by atoms with van der Waals surface area (Å²) < 4.78 is 18.1. The van der Waals surface area contributed by atoms with Crippen LogP contribution in [-0.2, 0) is 10.3 Å². The standard InChI is InChI=1S/C24H25N5O3/c1-23(2,3)7-9-30-21-20-19(6-8-28-21)32-18-5-4-15(16-11-26-14-27-12-16)10-17(18)24(20)13-31-22(25)29-24/h4-6,8,10-12,14H,7,9,13H2,1-3H3,(H2,25,29)/t24-/m0/s1. The number of aliphatic imine (C=N–C) groups is 1. The maximum atomic E-state index is 6.26. The van der Waals surface area contributed by atoms with Crippen LogP contribution in [0.4, 0.5) is 0 Å². The van der Waals surface area contributed by atoms with Crippen LogP contribution in [0.3, 0.4) is 0 Å². The number of nitrogens with zero attached hydrogens (tertiary/aromatic N) is 4. The highest BCUT2D eigenvalue weighted by Gasteiger charge is 2.49. The van der Waals surface area contributed by atoms with Gasteiger partial charge in [-0.2, -0.15) is 0 Å². The van der Waals surface area contributed by atoms with Gasteiger partial charge in [-0.3, -0.25) is 0 Å². The van der Waals surface area contributed by atoms with Gasteiger partial charge in [0, 0.05) is 29.7 Å². The first-order valence-electron chi connectivity index (χ1n) is 10.5. The van der Waals surface area contributed by atoms with Gasteiger partial charge < -0.3 is 19.9 Å². The van der Waals surface area contributed by atoms with E-state index in [0.29, 0.717) is 24.0 Å². The quantitative estimate of drug-likeness (QED) is 0.664. The molecule has 8 heteroatoms. The number of amidine groups is 1. The summed E-state index contributed by atoms with van der Waals surface area (Å²) in [5.74, 6) is 1.80. The van der Waals surface area contributed by atoms with Crippen LogP contribution in [0.1, 0.15) is 38.3 Å². The number of benzene rings is 1. The van der Waals surface area contributed by atoms with Gasteiger partial charge >= 0.3 is 0 Å². The minimum absolute atomic E-state index is 0.127. The van der Waals surface area contributed by atoms with E-state index in [1.54, 1.807) is 18.6 Å². The Kier molecular flexibility index (Phi) is 4.73. The molecule has 1 aromatic carbocycles. The molecule has 32 heavy (non-hydrogen) atoms. The normalized spacial score (nSPS) is 18.9. The zero-order valence-electron chi connectivity index (χ0n) is 18.3. The number of nitrogens with two attached hydrogens (primary N) is 1. The van der Waals surface area contributed by atoms with Gasteiger partial charge in [0.1, 0.15) is 24.4 Å². The molecule has 0 saturated carbocycles. The molecule has 0 bridgehead atoms. The van der Waals surface area contributed by atoms with Gasteiger partial charge in [-0.1, -0.05) is 26.8 Å². The summed E-state index contributed by atoms with van der Waals surface area (Å²) in [6.45, 7) is 7.29. The number of hydrogen-bond acceptors (Lipinski definition) is 8. The molecule has 164 valence electrons. The van der Waals surface area contributed by atoms with Crippen molar-refractivity contribution in [3.8, 4) is 28.5 Å². The average Bonchev–Trinajstić information content (AvgIpc) is 3.15. The van der Waals surface area contributed by atoms with Crippen LogP contribution in [0.15, 0.2) is 54.2 Å². The molecule has 8 nitrogen and oxygen atoms in total. The van der Waals surface area contributed by atoms with Crippen molar-refractivity contribution in [3.63, 3.8) is 0 Å². The zero-order chi connectivity index (χ0) is 22.3. The van der Waals surface area contributed by atoms with Crippen LogP contribution in [-0.4, -0.2) is 34.2 Å². The predicted molar refractivity (Wildman–Crippen MR) is 120 cm³/mol. The van der Waals surface area contributed by atoms with E-state index in [-0.39, 0.29) is 18.0 Å². The van der Waals surface area contributed by atoms with E-state index >= 15 is 0 Å². The molecule has 0 saturated heterocycles. The summed E-state index contributed by atoms with van der Waals surface area (Å²) in [6, 6.07) is 7.86. The molecule has 2 aliphatic heterocycles. The Morgan fingerprint density at radius 2 is 1.91 bits per heavy atom. The maximum absolute atomic E-state index is 6.26. The summed E-state index contributed by atoms with van der Waals surface area (Å²) in [5, 5.41) is 0. The monoisotopic (exact) mass is 431 g/mol. The smallest absolute Gasteiger partial charge is 0.283 e. The lowest BCUT2D eigenvalue weighted by molar-refractivity contribution is 0.220. The molecular formula is C24H25N5O3. The van der Waals surface area contributed by atoms with Crippen molar-refractivity contribution >= 4 is 6.02 Å². The molecule has 0 aliphatic carbocycles. The second-order valence-corrected chi connectivity index (χ2v) is 9.19. The molecule has 0 radical (unpaired) electrons. The second kappa shape index (κ2) is 7.47. The summed E-state index contributed by atoms with van der Waals surface area (Å²) in [4.78, 5) is 17.5. The fourth-order valence-corrected chi connectivity index (χ4v) is 3.98. The molecule has 2 N–H and O–H groups in total. The van der Waals surface area contributed by atoms with Crippen molar-refractivity contribution in [2.75, 3.05) is 13.2 Å². The van der Waals surface area contributed by atoms with Crippen molar-refractivity contribution in [2.24, 2.45) is 16.1 Å². The molecule has 1 spiro atoms. The molecular weight excluding hydrogens is 406 g/mol. The van der Waals surface area contributed by atoms with Crippen LogP contribution in [0, 0.1) is 5.41 Å². The SMILES string of the molecule is CC(C)(C)CCOc1nccc2c1[C@]1(COC(N)=N1)c1cc(-c3cncnc3)ccc1O2. The third kappa shape index (κ3) is 3.51. The van der Waals surface area contributed by atoms with E-state index in [4.69, 9.17) is 24.9 Å². The first-order chi connectivity index (χ1) is 15.4. The van der Waals surface area contributed by atoms with Crippen molar-refractivity contribution < 1.29 is 14.2 Å². The van der Waals surface area contributed by atoms with Gasteiger partial charge in [0.05, 0.1) is 12.2 Å². The number of aromatic nitrogens is 3. The van der Waals surface area contributed by atoms with E-state index < -0.39 is 5.54 Å². The highest BCUT2D eigenvalue weighted by molar-refractivity contribution is 5.78. The van der Waals surface area contributed by atoms with Crippen LogP contribution >= 0.6 is 0 Å². The summed E-state index contributed by atoms with van der Waals surface area (Å²) in [7, 11) is 0. The third-order valence-corrected chi connectivity index (χ3v) is 5.65. The number of pyridine rings is 1. The second-order valence-electron chi connectivity index (χ2n) is 9.19. The van der Waals surface area contributed by atoms with E-state index in [9.17, 15) is 0 Å². The third-order valence-electron chi connectivity index (χ3n) is 5.65. The van der Waals surface area contributed by atoms with E-state index in [1.807, 2.05) is 24.3 Å². The fourth-order valence-electron chi connectivity index (χ4n) is 3.98. The van der Waals surface area contributed by atoms with Crippen molar-refractivity contribution in [3.05, 3.63) is 60.3 Å². The molecule has 2 aromatic heterocycles. The van der Waals surface area contributed by atoms with Crippen LogP contribution in [0.5, 0.6) is 17.4 Å². The van der Waals surface area contributed by atoms with E-state index in [0.717, 1.165) is 28.7 Å². The highest BCUT2D eigenvalue weighted by atomic mass is 16.5. The molecule has 0 unspecified atom stereocenters. The molecule has 0 fully saturated rings. The number of fused-ring (bicyclic) bond motifs is 4. The Labute approximate surface area is 186 Å². The van der Waals surface area contributed by atoms with E-state index in [2.05, 4.69) is 35.7 Å². The van der Waals surface area contributed by atoms with Gasteiger partial charge in [0.15, 0.2) is 5.54 Å². The fraction of sp³-hybridized carbons (Fsp3) is 0.333. The molecule has 1 atom stereocenters. The number of ether oxygens (including phenoxy) is 3. The van der Waals surface area contributed by atoms with E-state index in [1.165, 1.54) is 6.33 Å². The Hall–Kier alpha value is -3.68. The topological polar surface area (TPSA) is 105 Å². The van der Waals surface area contributed by atoms with Gasteiger partial charge in [0.2, 0.25) is 5.88 Å². The first-order valence-corrected chi connectivity index (χ1v) is 10.5. The minimum atomic E-state index is -0.913. The highest BCUT2D eigenvalue weighted by Crippen LogP contribution is 2.54. The predicted octanol–water partition coefficient (Wildman–Crippen LogP) is 4.05. The lowest BCUT2D eigenvalue weighted by Crippen LogP contribution is -2.32. The molecule has 5 rings (SSSR count). The maximum Gasteiger partial charge on any atom is 0.283 e. The largest absolute Gasteiger partial charge is 0.477 e.